The molecule has 1 aliphatic heterocycles. The Balaban J connectivity index is 1.28. The molecule has 2 aliphatic carbocycles. The van der Waals surface area contributed by atoms with Gasteiger partial charge in [-0.05, 0) is 76.1 Å². The van der Waals surface area contributed by atoms with Crippen LogP contribution in [0.25, 0.3) is 16.8 Å². The van der Waals surface area contributed by atoms with Gasteiger partial charge in [-0.25, -0.2) is 0 Å². The highest BCUT2D eigenvalue weighted by molar-refractivity contribution is 6.22. The lowest BCUT2D eigenvalue weighted by atomic mass is 9.85. The third-order valence-corrected chi connectivity index (χ3v) is 8.11. The zero-order valence-electron chi connectivity index (χ0n) is 17.6. The summed E-state index contributed by atoms with van der Waals surface area (Å²) in [5.74, 6) is 1.63. The molecule has 31 heavy (non-hydrogen) atoms. The zero-order chi connectivity index (χ0) is 20.9. The molecule has 4 atom stereocenters. The number of benzene rings is 3. The molecule has 1 saturated carbocycles. The largest absolute Gasteiger partial charge is 0.388 e. The van der Waals surface area contributed by atoms with E-state index in [1.807, 2.05) is 30.3 Å². The van der Waals surface area contributed by atoms with Gasteiger partial charge in [0.2, 0.25) is 0 Å². The van der Waals surface area contributed by atoms with Crippen LogP contribution in [-0.4, -0.2) is 23.1 Å². The van der Waals surface area contributed by atoms with Crippen LogP contribution in [0.2, 0.25) is 0 Å². The normalized spacial score (nSPS) is 25.1. The van der Waals surface area contributed by atoms with Gasteiger partial charge in [0.1, 0.15) is 5.50 Å². The molecule has 3 aromatic carbocycles. The van der Waals surface area contributed by atoms with Gasteiger partial charge in [0.05, 0.1) is 6.10 Å². The number of alkyl halides is 1. The summed E-state index contributed by atoms with van der Waals surface area (Å²) in [5.41, 5.74) is 5.07. The number of aliphatic hydroxyl groups is 1. The molecule has 0 amide bonds. The van der Waals surface area contributed by atoms with E-state index in [0.717, 1.165) is 31.5 Å². The average Bonchev–Trinajstić information content (AvgIpc) is 3.62. The van der Waals surface area contributed by atoms with E-state index in [4.69, 9.17) is 11.6 Å². The summed E-state index contributed by atoms with van der Waals surface area (Å²) in [7, 11) is 0. The predicted molar refractivity (Wildman–Crippen MR) is 128 cm³/mol. The Morgan fingerprint density at radius 1 is 0.968 bits per heavy atom. The first-order valence-electron chi connectivity index (χ1n) is 11.6. The Labute approximate surface area is 189 Å². The number of allylic oxidation sites excluding steroid dienone is 1. The van der Waals surface area contributed by atoms with Crippen LogP contribution in [0.5, 0.6) is 0 Å². The van der Waals surface area contributed by atoms with Crippen molar-refractivity contribution < 1.29 is 5.11 Å². The third-order valence-electron chi connectivity index (χ3n) is 7.62. The topological polar surface area (TPSA) is 23.5 Å². The first-order chi connectivity index (χ1) is 15.2. The van der Waals surface area contributed by atoms with Gasteiger partial charge in [0, 0.05) is 13.1 Å². The van der Waals surface area contributed by atoms with E-state index in [2.05, 4.69) is 47.4 Å². The van der Waals surface area contributed by atoms with Crippen molar-refractivity contribution in [1.82, 2.24) is 4.90 Å². The van der Waals surface area contributed by atoms with Crippen molar-refractivity contribution in [2.24, 2.45) is 11.8 Å². The fourth-order valence-corrected chi connectivity index (χ4v) is 6.21. The van der Waals surface area contributed by atoms with Crippen molar-refractivity contribution in [2.45, 2.75) is 36.8 Å². The maximum absolute atomic E-state index is 10.9. The second-order valence-electron chi connectivity index (χ2n) is 9.44. The minimum Gasteiger partial charge on any atom is -0.388 e. The summed E-state index contributed by atoms with van der Waals surface area (Å²) in [6, 6.07) is 21.1. The molecule has 0 aromatic heterocycles. The van der Waals surface area contributed by atoms with E-state index in [1.54, 1.807) is 0 Å². The predicted octanol–water partition coefficient (Wildman–Crippen LogP) is 6.65. The number of aliphatic hydroxyl groups excluding tert-OH is 1. The molecule has 6 rings (SSSR count). The Hall–Kier alpha value is -2.13. The van der Waals surface area contributed by atoms with Gasteiger partial charge in [0.15, 0.2) is 0 Å². The van der Waals surface area contributed by atoms with Crippen molar-refractivity contribution in [3.05, 3.63) is 89.0 Å². The fraction of sp³-hybridized carbons (Fsp3) is 0.357. The lowest BCUT2D eigenvalue weighted by molar-refractivity contribution is 0.0549. The second-order valence-corrected chi connectivity index (χ2v) is 9.86. The summed E-state index contributed by atoms with van der Waals surface area (Å²) in [6.07, 6.45) is 7.50. The highest BCUT2D eigenvalue weighted by Crippen LogP contribution is 2.56. The molecule has 158 valence electrons. The number of rotatable bonds is 4. The number of nitrogens with zero attached hydrogens (tertiary/aromatic N) is 1. The maximum atomic E-state index is 10.9. The molecule has 3 aliphatic rings. The van der Waals surface area contributed by atoms with Gasteiger partial charge in [0.25, 0.3) is 0 Å². The van der Waals surface area contributed by atoms with E-state index < -0.39 is 0 Å². The molecule has 4 unspecified atom stereocenters. The Morgan fingerprint density at radius 3 is 2.52 bits per heavy atom. The summed E-state index contributed by atoms with van der Waals surface area (Å²) >= 11 is 7.27. The molecule has 3 aromatic rings. The van der Waals surface area contributed by atoms with Gasteiger partial charge in [-0.1, -0.05) is 66.7 Å². The molecule has 2 fully saturated rings. The molecule has 1 heterocycles. The van der Waals surface area contributed by atoms with Gasteiger partial charge in [-0.15, -0.1) is 11.6 Å². The van der Waals surface area contributed by atoms with Gasteiger partial charge in [-0.2, -0.15) is 0 Å². The lowest BCUT2D eigenvalue weighted by Gasteiger charge is -2.38. The summed E-state index contributed by atoms with van der Waals surface area (Å²) < 4.78 is 0. The van der Waals surface area contributed by atoms with Crippen LogP contribution in [0.1, 0.15) is 59.0 Å². The molecule has 2 nitrogen and oxygen atoms in total. The summed E-state index contributed by atoms with van der Waals surface area (Å²) in [6.45, 7) is 1.84. The van der Waals surface area contributed by atoms with Crippen molar-refractivity contribution in [3.8, 4) is 0 Å². The monoisotopic (exact) mass is 429 g/mol. The molecule has 0 spiro atoms. The van der Waals surface area contributed by atoms with E-state index in [0.29, 0.717) is 17.8 Å². The minimum atomic E-state index is -0.389. The van der Waals surface area contributed by atoms with Crippen LogP contribution in [0.3, 0.4) is 0 Å². The Bertz CT molecular complexity index is 1130. The number of likely N-dealkylation sites (tertiary alicyclic amines) is 1. The molecule has 0 radical (unpaired) electrons. The van der Waals surface area contributed by atoms with Gasteiger partial charge < -0.3 is 5.11 Å². The SMILES string of the molecule is OC(c1ccccc1)C1CCN(C(Cl)c2c3c(cc4ccccc24)C=CC2CC32)CC1. The first-order valence-corrected chi connectivity index (χ1v) is 12.0. The quantitative estimate of drug-likeness (QED) is 0.370. The Morgan fingerprint density at radius 2 is 1.71 bits per heavy atom. The highest BCUT2D eigenvalue weighted by atomic mass is 35.5. The van der Waals surface area contributed by atoms with Crippen LogP contribution < -0.4 is 0 Å². The van der Waals surface area contributed by atoms with Crippen LogP contribution in [0.15, 0.2) is 66.7 Å². The fourth-order valence-electron chi connectivity index (χ4n) is 5.78. The minimum absolute atomic E-state index is 0.123. The molecular formula is C28H28ClNO. The van der Waals surface area contributed by atoms with Gasteiger partial charge >= 0.3 is 0 Å². The van der Waals surface area contributed by atoms with Crippen LogP contribution in [0.4, 0.5) is 0 Å². The number of halogens is 1. The summed E-state index contributed by atoms with van der Waals surface area (Å²) in [4.78, 5) is 2.42. The average molecular weight is 430 g/mol. The van der Waals surface area contributed by atoms with E-state index in [-0.39, 0.29) is 11.6 Å². The number of piperidine rings is 1. The van der Waals surface area contributed by atoms with Gasteiger partial charge in [-0.3, -0.25) is 4.90 Å². The number of hydrogen-bond acceptors (Lipinski definition) is 2. The van der Waals surface area contributed by atoms with E-state index in [9.17, 15) is 5.11 Å². The molecular weight excluding hydrogens is 402 g/mol. The molecule has 1 N–H and O–H groups in total. The Kier molecular flexibility index (Phi) is 4.90. The van der Waals surface area contributed by atoms with Crippen molar-refractivity contribution in [2.75, 3.05) is 13.1 Å². The smallest absolute Gasteiger partial charge is 0.112 e. The van der Waals surface area contributed by atoms with Crippen molar-refractivity contribution >= 4 is 28.4 Å². The standard InChI is InChI=1S/C28H28ClNO/c29-28(30-14-12-19(13-15-30)27(31)18-6-2-1-3-7-18)26-23-9-5-4-8-20(23)16-22-11-10-21-17-24(21)25(22)26/h1-11,16,19,21,24,27-28,31H,12-15,17H2. The third kappa shape index (κ3) is 3.42. The number of hydrogen-bond donors (Lipinski definition) is 1. The molecule has 1 saturated heterocycles. The van der Waals surface area contributed by atoms with Crippen molar-refractivity contribution in [3.63, 3.8) is 0 Å². The first kappa shape index (κ1) is 19.5. The summed E-state index contributed by atoms with van der Waals surface area (Å²) in [5, 5.41) is 13.4. The highest BCUT2D eigenvalue weighted by Gasteiger charge is 2.43. The van der Waals surface area contributed by atoms with Crippen molar-refractivity contribution in [1.29, 1.82) is 0 Å². The molecule has 3 heteroatoms. The lowest BCUT2D eigenvalue weighted by Crippen LogP contribution is -2.37. The van der Waals surface area contributed by atoms with Crippen LogP contribution in [0, 0.1) is 11.8 Å². The number of fused-ring (bicyclic) bond motifs is 4. The van der Waals surface area contributed by atoms with Crippen LogP contribution in [-0.2, 0) is 0 Å². The van der Waals surface area contributed by atoms with E-state index in [1.165, 1.54) is 33.9 Å². The zero-order valence-corrected chi connectivity index (χ0v) is 18.4. The second kappa shape index (κ2) is 7.78. The molecule has 0 bridgehead atoms. The van der Waals surface area contributed by atoms with Crippen LogP contribution >= 0.6 is 11.6 Å². The maximum Gasteiger partial charge on any atom is 0.112 e. The van der Waals surface area contributed by atoms with E-state index >= 15 is 0 Å².